The number of amides is 1. The molecule has 1 atom stereocenters. The van der Waals surface area contributed by atoms with Crippen molar-refractivity contribution in [3.05, 3.63) is 33.8 Å². The van der Waals surface area contributed by atoms with Gasteiger partial charge in [0.25, 0.3) is 0 Å². The number of rotatable bonds is 4. The highest BCUT2D eigenvalue weighted by Crippen LogP contribution is 2.35. The minimum Gasteiger partial charge on any atom is -0.368 e. The lowest BCUT2D eigenvalue weighted by Gasteiger charge is -2.27. The van der Waals surface area contributed by atoms with Crippen LogP contribution in [0.3, 0.4) is 0 Å². The molecule has 2 heterocycles. The number of nitrogens with zero attached hydrogens (tertiary/aromatic N) is 1. The molecular formula is C17H22Cl2N2O2. The average molecular weight is 357 g/mol. The molecule has 2 aliphatic rings. The monoisotopic (exact) mass is 356 g/mol. The van der Waals surface area contributed by atoms with Crippen LogP contribution in [0.1, 0.15) is 37.3 Å². The Kier molecular flexibility index (Phi) is 5.81. The van der Waals surface area contributed by atoms with Crippen LogP contribution in [0.15, 0.2) is 18.2 Å². The Morgan fingerprint density at radius 2 is 2.00 bits per heavy atom. The van der Waals surface area contributed by atoms with Gasteiger partial charge >= 0.3 is 0 Å². The first kappa shape index (κ1) is 17.0. The first-order valence-corrected chi connectivity index (χ1v) is 8.97. The lowest BCUT2D eigenvalue weighted by Crippen LogP contribution is -2.37. The van der Waals surface area contributed by atoms with Crippen LogP contribution in [-0.2, 0) is 9.53 Å². The highest BCUT2D eigenvalue weighted by Gasteiger charge is 2.30. The van der Waals surface area contributed by atoms with Gasteiger partial charge in [-0.2, -0.15) is 0 Å². The average Bonchev–Trinajstić information content (AvgIpc) is 3.06. The standard InChI is InChI=1S/C17H22Cl2N2O2/c18-14-4-3-12(10-15(14)19)16-2-1-9-21(16)17(22)11-23-13-5-7-20-8-6-13/h3-4,10,13,16,20H,1-2,5-9,11H2. The van der Waals surface area contributed by atoms with Crippen molar-refractivity contribution in [2.75, 3.05) is 26.2 Å². The molecule has 6 heteroatoms. The highest BCUT2D eigenvalue weighted by molar-refractivity contribution is 6.42. The fraction of sp³-hybridized carbons (Fsp3) is 0.588. The molecule has 1 N–H and O–H groups in total. The second-order valence-electron chi connectivity index (χ2n) is 6.18. The molecule has 0 saturated carbocycles. The molecule has 1 aromatic rings. The third-order valence-corrected chi connectivity index (χ3v) is 5.37. The van der Waals surface area contributed by atoms with Crippen molar-refractivity contribution < 1.29 is 9.53 Å². The van der Waals surface area contributed by atoms with Crippen LogP contribution in [0.5, 0.6) is 0 Å². The molecule has 0 aliphatic carbocycles. The van der Waals surface area contributed by atoms with Gasteiger partial charge in [0.1, 0.15) is 6.61 Å². The molecule has 4 nitrogen and oxygen atoms in total. The van der Waals surface area contributed by atoms with E-state index >= 15 is 0 Å². The van der Waals surface area contributed by atoms with Crippen molar-refractivity contribution in [1.29, 1.82) is 0 Å². The minimum absolute atomic E-state index is 0.0668. The fourth-order valence-electron chi connectivity index (χ4n) is 3.37. The van der Waals surface area contributed by atoms with Crippen LogP contribution >= 0.6 is 23.2 Å². The lowest BCUT2D eigenvalue weighted by molar-refractivity contribution is -0.139. The van der Waals surface area contributed by atoms with Crippen molar-refractivity contribution >= 4 is 29.1 Å². The predicted molar refractivity (Wildman–Crippen MR) is 92.0 cm³/mol. The lowest BCUT2D eigenvalue weighted by atomic mass is 10.0. The van der Waals surface area contributed by atoms with E-state index < -0.39 is 0 Å². The third kappa shape index (κ3) is 4.18. The zero-order valence-electron chi connectivity index (χ0n) is 13.1. The summed E-state index contributed by atoms with van der Waals surface area (Å²) in [5.41, 5.74) is 1.05. The van der Waals surface area contributed by atoms with Gasteiger partial charge in [-0.25, -0.2) is 0 Å². The molecular weight excluding hydrogens is 335 g/mol. The zero-order valence-corrected chi connectivity index (χ0v) is 14.6. The van der Waals surface area contributed by atoms with E-state index in [-0.39, 0.29) is 24.7 Å². The van der Waals surface area contributed by atoms with Crippen molar-refractivity contribution in [3.8, 4) is 0 Å². The molecule has 0 aromatic heterocycles. The van der Waals surface area contributed by atoms with E-state index in [9.17, 15) is 4.79 Å². The smallest absolute Gasteiger partial charge is 0.249 e. The number of halogens is 2. The predicted octanol–water partition coefficient (Wildman–Crippen LogP) is 3.43. The van der Waals surface area contributed by atoms with E-state index in [0.717, 1.165) is 50.9 Å². The Balaban J connectivity index is 1.61. The van der Waals surface area contributed by atoms with E-state index in [1.807, 2.05) is 17.0 Å². The summed E-state index contributed by atoms with van der Waals surface area (Å²) in [5.74, 6) is 0.0668. The summed E-state index contributed by atoms with van der Waals surface area (Å²) in [4.78, 5) is 14.5. The Hall–Kier alpha value is -0.810. The summed E-state index contributed by atoms with van der Waals surface area (Å²) in [6, 6.07) is 5.70. The Morgan fingerprint density at radius 3 is 2.74 bits per heavy atom. The summed E-state index contributed by atoms with van der Waals surface area (Å²) in [6.07, 6.45) is 4.11. The summed E-state index contributed by atoms with van der Waals surface area (Å²) < 4.78 is 5.81. The summed E-state index contributed by atoms with van der Waals surface area (Å²) in [7, 11) is 0. The molecule has 1 aromatic carbocycles. The van der Waals surface area contributed by atoms with Crippen molar-refractivity contribution in [1.82, 2.24) is 10.2 Å². The van der Waals surface area contributed by atoms with Gasteiger partial charge in [-0.15, -0.1) is 0 Å². The number of nitrogens with one attached hydrogen (secondary N) is 1. The van der Waals surface area contributed by atoms with Gasteiger partial charge in [0.05, 0.1) is 22.2 Å². The zero-order chi connectivity index (χ0) is 16.2. The van der Waals surface area contributed by atoms with Gasteiger partial charge in [0.2, 0.25) is 5.91 Å². The molecule has 3 rings (SSSR count). The second-order valence-corrected chi connectivity index (χ2v) is 6.99. The van der Waals surface area contributed by atoms with Crippen LogP contribution in [-0.4, -0.2) is 43.2 Å². The number of piperidine rings is 1. The molecule has 2 saturated heterocycles. The molecule has 2 fully saturated rings. The summed E-state index contributed by atoms with van der Waals surface area (Å²) in [6.45, 7) is 2.88. The normalized spacial score (nSPS) is 22.5. The van der Waals surface area contributed by atoms with E-state index in [2.05, 4.69) is 5.32 Å². The Morgan fingerprint density at radius 1 is 1.22 bits per heavy atom. The van der Waals surface area contributed by atoms with Crippen LogP contribution in [0.25, 0.3) is 0 Å². The SMILES string of the molecule is O=C(COC1CCNCC1)N1CCCC1c1ccc(Cl)c(Cl)c1. The number of hydrogen-bond acceptors (Lipinski definition) is 3. The number of benzene rings is 1. The number of hydrogen-bond donors (Lipinski definition) is 1. The summed E-state index contributed by atoms with van der Waals surface area (Å²) in [5, 5.41) is 4.38. The molecule has 0 radical (unpaired) electrons. The molecule has 0 bridgehead atoms. The van der Waals surface area contributed by atoms with Gasteiger partial charge in [-0.05, 0) is 56.5 Å². The molecule has 2 aliphatic heterocycles. The number of likely N-dealkylation sites (tertiary alicyclic amines) is 1. The van der Waals surface area contributed by atoms with Crippen LogP contribution < -0.4 is 5.32 Å². The highest BCUT2D eigenvalue weighted by atomic mass is 35.5. The fourth-order valence-corrected chi connectivity index (χ4v) is 3.67. The number of carbonyl (C=O) groups excluding carboxylic acids is 1. The summed E-state index contributed by atoms with van der Waals surface area (Å²) >= 11 is 12.1. The molecule has 1 amide bonds. The van der Waals surface area contributed by atoms with Gasteiger partial charge in [0.15, 0.2) is 0 Å². The minimum atomic E-state index is 0.0668. The van der Waals surface area contributed by atoms with Gasteiger partial charge in [-0.3, -0.25) is 4.79 Å². The van der Waals surface area contributed by atoms with E-state index in [0.29, 0.717) is 10.0 Å². The molecule has 126 valence electrons. The maximum absolute atomic E-state index is 12.5. The van der Waals surface area contributed by atoms with Crippen molar-refractivity contribution in [3.63, 3.8) is 0 Å². The topological polar surface area (TPSA) is 41.6 Å². The molecule has 0 spiro atoms. The largest absolute Gasteiger partial charge is 0.368 e. The first-order chi connectivity index (χ1) is 11.1. The van der Waals surface area contributed by atoms with Crippen molar-refractivity contribution in [2.24, 2.45) is 0 Å². The van der Waals surface area contributed by atoms with E-state index in [1.165, 1.54) is 0 Å². The van der Waals surface area contributed by atoms with Gasteiger partial charge in [0, 0.05) is 6.54 Å². The Bertz CT molecular complexity index is 562. The first-order valence-electron chi connectivity index (χ1n) is 8.22. The maximum atomic E-state index is 12.5. The van der Waals surface area contributed by atoms with Crippen LogP contribution in [0, 0.1) is 0 Å². The molecule has 23 heavy (non-hydrogen) atoms. The quantitative estimate of drug-likeness (QED) is 0.898. The molecule has 1 unspecified atom stereocenters. The van der Waals surface area contributed by atoms with Crippen LogP contribution in [0.4, 0.5) is 0 Å². The van der Waals surface area contributed by atoms with Gasteiger partial charge < -0.3 is 15.0 Å². The van der Waals surface area contributed by atoms with E-state index in [1.54, 1.807) is 6.07 Å². The van der Waals surface area contributed by atoms with Crippen LogP contribution in [0.2, 0.25) is 10.0 Å². The maximum Gasteiger partial charge on any atom is 0.249 e. The number of ether oxygens (including phenoxy) is 1. The second kappa shape index (κ2) is 7.84. The van der Waals surface area contributed by atoms with E-state index in [4.69, 9.17) is 27.9 Å². The van der Waals surface area contributed by atoms with Gasteiger partial charge in [-0.1, -0.05) is 29.3 Å². The third-order valence-electron chi connectivity index (χ3n) is 4.63. The number of carbonyl (C=O) groups is 1. The van der Waals surface area contributed by atoms with Crippen molar-refractivity contribution in [2.45, 2.75) is 37.8 Å². The Labute approximate surface area is 147 Å².